The number of hydrogen-bond acceptors (Lipinski definition) is 2. The summed E-state index contributed by atoms with van der Waals surface area (Å²) in [5.41, 5.74) is 1.95. The van der Waals surface area contributed by atoms with E-state index in [9.17, 15) is 9.18 Å². The molecule has 5 heteroatoms. The summed E-state index contributed by atoms with van der Waals surface area (Å²) in [6.07, 6.45) is 0. The van der Waals surface area contributed by atoms with Gasteiger partial charge >= 0.3 is 0 Å². The molecule has 2 aromatic rings. The van der Waals surface area contributed by atoms with E-state index >= 15 is 0 Å². The molecule has 104 valence electrons. The van der Waals surface area contributed by atoms with Gasteiger partial charge in [-0.2, -0.15) is 0 Å². The van der Waals surface area contributed by atoms with Crippen molar-refractivity contribution in [2.45, 2.75) is 6.92 Å². The van der Waals surface area contributed by atoms with E-state index in [4.69, 9.17) is 11.6 Å². The molecule has 0 atom stereocenters. The molecule has 0 aliphatic rings. The van der Waals surface area contributed by atoms with E-state index in [1.807, 2.05) is 12.1 Å². The molecule has 3 nitrogen and oxygen atoms in total. The minimum atomic E-state index is -0.384. The average Bonchev–Trinajstić information content (AvgIpc) is 2.42. The first kappa shape index (κ1) is 14.3. The lowest BCUT2D eigenvalue weighted by atomic mass is 10.2. The normalized spacial score (nSPS) is 10.2. The van der Waals surface area contributed by atoms with Crippen LogP contribution in [-0.4, -0.2) is 12.5 Å². The predicted molar refractivity (Wildman–Crippen MR) is 79.7 cm³/mol. The topological polar surface area (TPSA) is 41.1 Å². The lowest BCUT2D eigenvalue weighted by Gasteiger charge is -2.10. The molecule has 0 heterocycles. The molecule has 0 fully saturated rings. The van der Waals surface area contributed by atoms with Gasteiger partial charge in [0.1, 0.15) is 5.82 Å². The smallest absolute Gasteiger partial charge is 0.243 e. The fourth-order valence-corrected chi connectivity index (χ4v) is 1.91. The molecule has 0 aromatic heterocycles. The van der Waals surface area contributed by atoms with Crippen LogP contribution in [0.25, 0.3) is 0 Å². The van der Waals surface area contributed by atoms with E-state index in [2.05, 4.69) is 10.6 Å². The van der Waals surface area contributed by atoms with Crippen molar-refractivity contribution >= 4 is 28.9 Å². The Morgan fingerprint density at radius 3 is 2.70 bits per heavy atom. The van der Waals surface area contributed by atoms with Gasteiger partial charge in [0.15, 0.2) is 0 Å². The van der Waals surface area contributed by atoms with Crippen LogP contribution in [0.4, 0.5) is 15.8 Å². The van der Waals surface area contributed by atoms with Crippen molar-refractivity contribution in [2.24, 2.45) is 0 Å². The van der Waals surface area contributed by atoms with E-state index in [1.54, 1.807) is 25.1 Å². The minimum Gasteiger partial charge on any atom is -0.375 e. The highest BCUT2D eigenvalue weighted by atomic mass is 35.5. The summed E-state index contributed by atoms with van der Waals surface area (Å²) in [6.45, 7) is 1.86. The number of nitrogens with one attached hydrogen (secondary N) is 2. The Bertz CT molecular complexity index is 631. The number of aryl methyl sites for hydroxylation is 1. The molecule has 0 saturated carbocycles. The molecule has 20 heavy (non-hydrogen) atoms. The zero-order valence-corrected chi connectivity index (χ0v) is 11.7. The van der Waals surface area contributed by atoms with Gasteiger partial charge in [-0.15, -0.1) is 0 Å². The third kappa shape index (κ3) is 3.71. The number of hydrogen-bond donors (Lipinski definition) is 2. The van der Waals surface area contributed by atoms with E-state index in [0.29, 0.717) is 16.4 Å². The Morgan fingerprint density at radius 2 is 1.95 bits per heavy atom. The molecule has 1 amide bonds. The number of amides is 1. The van der Waals surface area contributed by atoms with E-state index < -0.39 is 0 Å². The van der Waals surface area contributed by atoms with Crippen molar-refractivity contribution in [3.63, 3.8) is 0 Å². The molecule has 0 saturated heterocycles. The van der Waals surface area contributed by atoms with Gasteiger partial charge in [-0.1, -0.05) is 29.8 Å². The summed E-state index contributed by atoms with van der Waals surface area (Å²) in [4.78, 5) is 11.8. The fraction of sp³-hybridized carbons (Fsp3) is 0.133. The van der Waals surface area contributed by atoms with Crippen LogP contribution in [0.5, 0.6) is 0 Å². The highest BCUT2D eigenvalue weighted by Gasteiger charge is 2.06. The van der Waals surface area contributed by atoms with Gasteiger partial charge in [-0.05, 0) is 36.8 Å². The molecule has 0 radical (unpaired) electrons. The van der Waals surface area contributed by atoms with Crippen molar-refractivity contribution in [1.82, 2.24) is 0 Å². The number of halogens is 2. The molecule has 0 unspecified atom stereocenters. The zero-order chi connectivity index (χ0) is 14.5. The second kappa shape index (κ2) is 6.39. The summed E-state index contributed by atoms with van der Waals surface area (Å²) in [6, 6.07) is 11.4. The Morgan fingerprint density at radius 1 is 1.20 bits per heavy atom. The van der Waals surface area contributed by atoms with Gasteiger partial charge in [-0.25, -0.2) is 4.39 Å². The molecule has 0 aliphatic heterocycles. The highest BCUT2D eigenvalue weighted by Crippen LogP contribution is 2.20. The van der Waals surface area contributed by atoms with E-state index in [0.717, 1.165) is 5.56 Å². The molecule has 0 bridgehead atoms. The monoisotopic (exact) mass is 292 g/mol. The fourth-order valence-electron chi connectivity index (χ4n) is 1.70. The van der Waals surface area contributed by atoms with Gasteiger partial charge < -0.3 is 10.6 Å². The van der Waals surface area contributed by atoms with Crippen LogP contribution in [0.2, 0.25) is 5.02 Å². The standard InChI is InChI=1S/C15H14ClFN2O/c1-10-6-7-11(17)8-14(10)19-15(20)9-18-13-5-3-2-4-12(13)16/h2-8,18H,9H2,1H3,(H,19,20). The molecule has 2 aromatic carbocycles. The quantitative estimate of drug-likeness (QED) is 0.899. The van der Waals surface area contributed by atoms with E-state index in [-0.39, 0.29) is 18.3 Å². The number of rotatable bonds is 4. The first-order chi connectivity index (χ1) is 9.56. The Hall–Kier alpha value is -2.07. The zero-order valence-electron chi connectivity index (χ0n) is 10.9. The Labute approximate surface area is 121 Å². The van der Waals surface area contributed by atoms with E-state index in [1.165, 1.54) is 12.1 Å². The first-order valence-corrected chi connectivity index (χ1v) is 6.48. The van der Waals surface area contributed by atoms with Gasteiger partial charge in [0.25, 0.3) is 0 Å². The average molecular weight is 293 g/mol. The molecular weight excluding hydrogens is 279 g/mol. The summed E-state index contributed by atoms with van der Waals surface area (Å²) >= 11 is 5.97. The summed E-state index contributed by atoms with van der Waals surface area (Å²) in [7, 11) is 0. The van der Waals surface area contributed by atoms with Gasteiger partial charge in [-0.3, -0.25) is 4.79 Å². The lowest BCUT2D eigenvalue weighted by Crippen LogP contribution is -2.22. The van der Waals surface area contributed by atoms with Crippen molar-refractivity contribution in [3.05, 3.63) is 58.9 Å². The Kier molecular flexibility index (Phi) is 4.58. The molecular formula is C15H14ClFN2O. The SMILES string of the molecule is Cc1ccc(F)cc1NC(=O)CNc1ccccc1Cl. The van der Waals surface area contributed by atoms with Crippen LogP contribution >= 0.6 is 11.6 Å². The maximum atomic E-state index is 13.1. The summed E-state index contributed by atoms with van der Waals surface area (Å²) in [5, 5.41) is 6.13. The largest absolute Gasteiger partial charge is 0.375 e. The molecule has 2 rings (SSSR count). The third-order valence-electron chi connectivity index (χ3n) is 2.79. The van der Waals surface area contributed by atoms with Crippen LogP contribution < -0.4 is 10.6 Å². The summed E-state index contributed by atoms with van der Waals surface area (Å²) < 4.78 is 13.1. The summed E-state index contributed by atoms with van der Waals surface area (Å²) in [5.74, 6) is -0.649. The number of carbonyl (C=O) groups excluding carboxylic acids is 1. The van der Waals surface area contributed by atoms with Crippen molar-refractivity contribution in [2.75, 3.05) is 17.2 Å². The molecule has 0 aliphatic carbocycles. The van der Waals surface area contributed by atoms with Crippen LogP contribution in [0.3, 0.4) is 0 Å². The number of benzene rings is 2. The van der Waals surface area contributed by atoms with Crippen LogP contribution in [-0.2, 0) is 4.79 Å². The van der Waals surface area contributed by atoms with Crippen LogP contribution in [0, 0.1) is 12.7 Å². The first-order valence-electron chi connectivity index (χ1n) is 6.10. The third-order valence-corrected chi connectivity index (χ3v) is 3.12. The lowest BCUT2D eigenvalue weighted by molar-refractivity contribution is -0.114. The highest BCUT2D eigenvalue weighted by molar-refractivity contribution is 6.33. The second-order valence-electron chi connectivity index (χ2n) is 4.34. The van der Waals surface area contributed by atoms with Crippen LogP contribution in [0.15, 0.2) is 42.5 Å². The maximum Gasteiger partial charge on any atom is 0.243 e. The van der Waals surface area contributed by atoms with Crippen molar-refractivity contribution in [3.8, 4) is 0 Å². The van der Waals surface area contributed by atoms with Gasteiger partial charge in [0.2, 0.25) is 5.91 Å². The number of carbonyl (C=O) groups is 1. The van der Waals surface area contributed by atoms with Gasteiger partial charge in [0.05, 0.1) is 17.3 Å². The minimum absolute atomic E-state index is 0.0552. The molecule has 2 N–H and O–H groups in total. The Balaban J connectivity index is 1.96. The maximum absolute atomic E-state index is 13.1. The number of para-hydroxylation sites is 1. The van der Waals surface area contributed by atoms with Crippen LogP contribution in [0.1, 0.15) is 5.56 Å². The van der Waals surface area contributed by atoms with Gasteiger partial charge in [0, 0.05) is 5.69 Å². The van der Waals surface area contributed by atoms with Crippen molar-refractivity contribution < 1.29 is 9.18 Å². The second-order valence-corrected chi connectivity index (χ2v) is 4.75. The van der Waals surface area contributed by atoms with Crippen molar-refractivity contribution in [1.29, 1.82) is 0 Å². The molecule has 0 spiro atoms. The number of anilines is 2. The predicted octanol–water partition coefficient (Wildman–Crippen LogP) is 3.84.